The van der Waals surface area contributed by atoms with Crippen molar-refractivity contribution in [3.63, 3.8) is 0 Å². The Morgan fingerprint density at radius 2 is 1.55 bits per heavy atom. The first-order chi connectivity index (χ1) is 22.8. The number of hydrogen-bond donors (Lipinski definition) is 1. The largest absolute Gasteiger partial charge is 0.379 e. The molecule has 47 heavy (non-hydrogen) atoms. The number of pyridine rings is 1. The highest BCUT2D eigenvalue weighted by Crippen LogP contribution is 2.41. The van der Waals surface area contributed by atoms with E-state index in [0.29, 0.717) is 12.2 Å². The second-order valence-electron chi connectivity index (χ2n) is 11.9. The molecule has 0 bridgehead atoms. The highest BCUT2D eigenvalue weighted by atomic mass is 32.2. The van der Waals surface area contributed by atoms with E-state index in [1.807, 2.05) is 61.8 Å². The van der Waals surface area contributed by atoms with Gasteiger partial charge in [0.1, 0.15) is 16.3 Å². The molecule has 0 radical (unpaired) electrons. The van der Waals surface area contributed by atoms with Crippen LogP contribution in [0.15, 0.2) is 114 Å². The molecular weight excluding hydrogens is 611 g/mol. The molecular formula is C37H35N5O4S. The zero-order chi connectivity index (χ0) is 32.5. The average Bonchev–Trinajstić information content (AvgIpc) is 3.47. The van der Waals surface area contributed by atoms with Gasteiger partial charge in [-0.3, -0.25) is 9.69 Å². The highest BCUT2D eigenvalue weighted by molar-refractivity contribution is 7.87. The molecule has 1 N–H and O–H groups in total. The molecule has 1 aliphatic heterocycles. The second kappa shape index (κ2) is 12.6. The minimum absolute atomic E-state index is 0.0569. The summed E-state index contributed by atoms with van der Waals surface area (Å²) in [6.45, 7) is 4.09. The Balaban J connectivity index is 1.26. The Labute approximate surface area is 274 Å². The maximum Gasteiger partial charge on any atom is 0.339 e. The molecule has 0 aliphatic carbocycles. The lowest BCUT2D eigenvalue weighted by atomic mass is 9.92. The fourth-order valence-corrected chi connectivity index (χ4v) is 7.03. The predicted molar refractivity (Wildman–Crippen MR) is 186 cm³/mol. The minimum Gasteiger partial charge on any atom is -0.379 e. The first kappa shape index (κ1) is 30.6. The molecule has 1 saturated heterocycles. The quantitative estimate of drug-likeness (QED) is 0.202. The van der Waals surface area contributed by atoms with E-state index in [1.54, 1.807) is 35.2 Å². The number of nitrogens with zero attached hydrogens (tertiary/aromatic N) is 4. The van der Waals surface area contributed by atoms with Crippen LogP contribution in [0.3, 0.4) is 0 Å². The maximum atomic E-state index is 13.1. The number of hydrogen-bond acceptors (Lipinski definition) is 7. The van der Waals surface area contributed by atoms with Crippen molar-refractivity contribution >= 4 is 43.6 Å². The molecule has 10 heteroatoms. The summed E-state index contributed by atoms with van der Waals surface area (Å²) in [7, 11) is -0.0943. The van der Waals surface area contributed by atoms with Crippen molar-refractivity contribution < 1.29 is 17.4 Å². The molecule has 4 aromatic carbocycles. The molecule has 9 nitrogen and oxygen atoms in total. The number of piperazine rings is 1. The van der Waals surface area contributed by atoms with E-state index in [2.05, 4.69) is 34.0 Å². The summed E-state index contributed by atoms with van der Waals surface area (Å²) in [6.07, 6.45) is 1.86. The molecule has 2 aromatic heterocycles. The van der Waals surface area contributed by atoms with E-state index in [9.17, 15) is 13.2 Å². The van der Waals surface area contributed by atoms with Crippen LogP contribution < -0.4 is 9.08 Å². The van der Waals surface area contributed by atoms with Gasteiger partial charge in [-0.15, -0.1) is 0 Å². The van der Waals surface area contributed by atoms with Crippen molar-refractivity contribution in [2.75, 3.05) is 51.7 Å². The molecule has 1 fully saturated rings. The van der Waals surface area contributed by atoms with Gasteiger partial charge < -0.3 is 19.0 Å². The number of carbonyl (C=O) groups excluding carboxylic acids is 1. The molecule has 0 unspecified atom stereocenters. The van der Waals surface area contributed by atoms with Crippen molar-refractivity contribution in [1.82, 2.24) is 19.8 Å². The average molecular weight is 646 g/mol. The Hall–Kier alpha value is -5.03. The maximum absolute atomic E-state index is 13.1. The Morgan fingerprint density at radius 1 is 0.872 bits per heavy atom. The summed E-state index contributed by atoms with van der Waals surface area (Å²) in [4.78, 5) is 27.6. The normalized spacial score (nSPS) is 14.4. The topological polar surface area (TPSA) is 98.8 Å². The summed E-state index contributed by atoms with van der Waals surface area (Å²) < 4.78 is 31.6. The third-order valence-corrected chi connectivity index (χ3v) is 10.0. The first-order valence-corrected chi connectivity index (χ1v) is 16.9. The molecule has 7 rings (SSSR count). The lowest BCUT2D eigenvalue weighted by Crippen LogP contribution is -2.48. The fraction of sp³-hybridized carbons (Fsp3) is 0.189. The van der Waals surface area contributed by atoms with E-state index >= 15 is 0 Å². The molecule has 0 spiro atoms. The van der Waals surface area contributed by atoms with Gasteiger partial charge in [-0.1, -0.05) is 60.7 Å². The van der Waals surface area contributed by atoms with E-state index in [0.717, 1.165) is 70.4 Å². The molecule has 1 aliphatic rings. The number of nitrogens with one attached hydrogen (secondary N) is 1. The van der Waals surface area contributed by atoms with Gasteiger partial charge in [0, 0.05) is 72.5 Å². The summed E-state index contributed by atoms with van der Waals surface area (Å²) in [5.74, 6) is 0.266. The van der Waals surface area contributed by atoms with Crippen LogP contribution >= 0.6 is 0 Å². The van der Waals surface area contributed by atoms with Crippen molar-refractivity contribution in [3.05, 3.63) is 109 Å². The number of benzene rings is 4. The molecule has 0 atom stereocenters. The fourth-order valence-electron chi connectivity index (χ4n) is 6.08. The monoisotopic (exact) mass is 645 g/mol. The van der Waals surface area contributed by atoms with Crippen molar-refractivity contribution in [3.8, 4) is 28.0 Å². The number of aromatic amines is 1. The van der Waals surface area contributed by atoms with Crippen LogP contribution in [0, 0.1) is 0 Å². The smallest absolute Gasteiger partial charge is 0.339 e. The molecule has 6 aromatic rings. The van der Waals surface area contributed by atoms with Gasteiger partial charge in [0.25, 0.3) is 0 Å². The predicted octanol–water partition coefficient (Wildman–Crippen LogP) is 6.03. The van der Waals surface area contributed by atoms with Crippen LogP contribution in [0.2, 0.25) is 0 Å². The number of carbonyl (C=O) groups is 1. The van der Waals surface area contributed by atoms with Crippen molar-refractivity contribution in [2.45, 2.75) is 4.90 Å². The summed E-state index contributed by atoms with van der Waals surface area (Å²) in [5, 5.41) is 1.65. The number of likely N-dealkylation sites (N-methyl/N-ethyl adjacent to an activating group) is 2. The van der Waals surface area contributed by atoms with Crippen LogP contribution in [0.25, 0.3) is 44.2 Å². The van der Waals surface area contributed by atoms with Gasteiger partial charge >= 0.3 is 10.1 Å². The van der Waals surface area contributed by atoms with Crippen LogP contribution in [0.1, 0.15) is 0 Å². The van der Waals surface area contributed by atoms with Crippen LogP contribution in [-0.4, -0.2) is 80.9 Å². The molecule has 3 heterocycles. The zero-order valence-electron chi connectivity index (χ0n) is 26.3. The van der Waals surface area contributed by atoms with E-state index in [1.165, 1.54) is 12.1 Å². The van der Waals surface area contributed by atoms with Crippen molar-refractivity contribution in [2.24, 2.45) is 0 Å². The van der Waals surface area contributed by atoms with Gasteiger partial charge in [-0.2, -0.15) is 8.42 Å². The van der Waals surface area contributed by atoms with E-state index < -0.39 is 10.1 Å². The summed E-state index contributed by atoms with van der Waals surface area (Å²) in [5.41, 5.74) is 6.09. The molecule has 238 valence electrons. The Kier molecular flexibility index (Phi) is 8.23. The number of anilines is 1. The van der Waals surface area contributed by atoms with Crippen LogP contribution in [0.4, 0.5) is 5.69 Å². The first-order valence-electron chi connectivity index (χ1n) is 15.5. The van der Waals surface area contributed by atoms with Crippen molar-refractivity contribution in [1.29, 1.82) is 0 Å². The number of rotatable bonds is 8. The zero-order valence-corrected chi connectivity index (χ0v) is 27.1. The third kappa shape index (κ3) is 6.23. The second-order valence-corrected chi connectivity index (χ2v) is 13.4. The Morgan fingerprint density at radius 3 is 2.26 bits per heavy atom. The van der Waals surface area contributed by atoms with E-state index in [-0.39, 0.29) is 16.6 Å². The molecule has 1 amide bonds. The van der Waals surface area contributed by atoms with Gasteiger partial charge in [0.2, 0.25) is 5.91 Å². The number of fused-ring (bicyclic) bond motifs is 3. The Bertz CT molecular complexity index is 2160. The van der Waals surface area contributed by atoms with Crippen LogP contribution in [-0.2, 0) is 14.9 Å². The van der Waals surface area contributed by atoms with Crippen LogP contribution in [0.5, 0.6) is 5.75 Å². The minimum atomic E-state index is -4.02. The standard InChI is InChI=1S/C37H35N5O4S/c1-40-19-21-42(22-20-40)25-34(43)41(2)28-15-13-26(14-16-28)32-24-38-37-36(35(32)27-9-5-3-6-10-27)31-23-29(17-18-33(31)39-37)46-47(44,45)30-11-7-4-8-12-30/h3-18,23-24H,19-22,25H2,1-2H3,(H,38,39). The SMILES string of the molecule is CN1CCN(CC(=O)N(C)c2ccc(-c3cnc4[nH]c5ccc(OS(=O)(=O)c6ccccc6)cc5c4c3-c3ccccc3)cc2)CC1. The highest BCUT2D eigenvalue weighted by Gasteiger charge is 2.22. The summed E-state index contributed by atoms with van der Waals surface area (Å²) >= 11 is 0. The van der Waals surface area contributed by atoms with Gasteiger partial charge in [0.15, 0.2) is 0 Å². The number of aromatic nitrogens is 2. The molecule has 0 saturated carbocycles. The lowest BCUT2D eigenvalue weighted by molar-refractivity contribution is -0.119. The third-order valence-electron chi connectivity index (χ3n) is 8.79. The summed E-state index contributed by atoms with van der Waals surface area (Å²) in [6, 6.07) is 31.3. The lowest BCUT2D eigenvalue weighted by Gasteiger charge is -2.32. The number of amides is 1. The van der Waals surface area contributed by atoms with E-state index in [4.69, 9.17) is 9.17 Å². The van der Waals surface area contributed by atoms with Gasteiger partial charge in [-0.25, -0.2) is 4.98 Å². The van der Waals surface area contributed by atoms with Gasteiger partial charge in [-0.05, 0) is 60.6 Å². The number of H-pyrrole nitrogens is 1. The van der Waals surface area contributed by atoms with Gasteiger partial charge in [0.05, 0.1) is 6.54 Å².